The summed E-state index contributed by atoms with van der Waals surface area (Å²) in [5.41, 5.74) is 3.29. The highest BCUT2D eigenvalue weighted by Gasteiger charge is 2.14. The molecule has 2 heteroatoms. The second-order valence-electron chi connectivity index (χ2n) is 6.42. The summed E-state index contributed by atoms with van der Waals surface area (Å²) in [4.78, 5) is 12.0. The summed E-state index contributed by atoms with van der Waals surface area (Å²) >= 11 is 0. The predicted molar refractivity (Wildman–Crippen MR) is 98.4 cm³/mol. The Hall–Kier alpha value is -2.35. The van der Waals surface area contributed by atoms with E-state index < -0.39 is 0 Å². The van der Waals surface area contributed by atoms with E-state index in [1.165, 1.54) is 32.1 Å². The molecule has 24 heavy (non-hydrogen) atoms. The minimum absolute atomic E-state index is 0.247. The zero-order chi connectivity index (χ0) is 16.6. The maximum atomic E-state index is 12.0. The van der Waals surface area contributed by atoms with Crippen LogP contribution >= 0.6 is 0 Å². The van der Waals surface area contributed by atoms with Crippen molar-refractivity contribution in [3.05, 3.63) is 66.2 Å². The average Bonchev–Trinajstić information content (AvgIpc) is 2.66. The van der Waals surface area contributed by atoms with E-state index in [2.05, 4.69) is 18.2 Å². The van der Waals surface area contributed by atoms with E-state index in [4.69, 9.17) is 4.74 Å². The average molecular weight is 320 g/mol. The Kier molecular flexibility index (Phi) is 5.84. The number of ether oxygens (including phenoxy) is 1. The Morgan fingerprint density at radius 3 is 2.46 bits per heavy atom. The van der Waals surface area contributed by atoms with Gasteiger partial charge in [0.1, 0.15) is 0 Å². The molecule has 0 N–H and O–H groups in total. The van der Waals surface area contributed by atoms with Crippen molar-refractivity contribution in [3.63, 3.8) is 0 Å². The largest absolute Gasteiger partial charge is 0.462 e. The van der Waals surface area contributed by atoms with Crippen LogP contribution in [-0.4, -0.2) is 12.6 Å². The summed E-state index contributed by atoms with van der Waals surface area (Å²) in [6, 6.07) is 18.3. The second-order valence-corrected chi connectivity index (χ2v) is 6.42. The van der Waals surface area contributed by atoms with Crippen LogP contribution in [-0.2, 0) is 9.53 Å². The molecule has 1 saturated carbocycles. The van der Waals surface area contributed by atoms with E-state index in [0.29, 0.717) is 12.5 Å². The lowest BCUT2D eigenvalue weighted by atomic mass is 9.90. The molecule has 0 amide bonds. The second kappa shape index (κ2) is 8.49. The molecule has 0 spiro atoms. The van der Waals surface area contributed by atoms with Gasteiger partial charge in [0.15, 0.2) is 0 Å². The molecule has 0 saturated heterocycles. The van der Waals surface area contributed by atoms with Crippen molar-refractivity contribution in [1.82, 2.24) is 0 Å². The lowest BCUT2D eigenvalue weighted by Crippen LogP contribution is -2.15. The Morgan fingerprint density at radius 2 is 1.67 bits per heavy atom. The van der Waals surface area contributed by atoms with Gasteiger partial charge in [-0.2, -0.15) is 0 Å². The monoisotopic (exact) mass is 320 g/mol. The Morgan fingerprint density at radius 1 is 0.958 bits per heavy atom. The summed E-state index contributed by atoms with van der Waals surface area (Å²) in [7, 11) is 0. The number of carbonyl (C=O) groups excluding carboxylic acids is 1. The summed E-state index contributed by atoms with van der Waals surface area (Å²) in [5, 5.41) is 0. The van der Waals surface area contributed by atoms with Crippen LogP contribution in [0.5, 0.6) is 0 Å². The molecule has 2 nitrogen and oxygen atoms in total. The van der Waals surface area contributed by atoms with Crippen molar-refractivity contribution >= 4 is 12.0 Å². The first kappa shape index (κ1) is 16.5. The van der Waals surface area contributed by atoms with Gasteiger partial charge in [-0.05, 0) is 41.5 Å². The fourth-order valence-corrected chi connectivity index (χ4v) is 3.28. The smallest absolute Gasteiger partial charge is 0.330 e. The number of carbonyl (C=O) groups is 1. The molecule has 1 aliphatic rings. The van der Waals surface area contributed by atoms with Gasteiger partial charge < -0.3 is 4.74 Å². The van der Waals surface area contributed by atoms with E-state index in [-0.39, 0.29) is 5.97 Å². The lowest BCUT2D eigenvalue weighted by Gasteiger charge is -2.20. The molecular weight excluding hydrogens is 296 g/mol. The zero-order valence-corrected chi connectivity index (χ0v) is 14.0. The lowest BCUT2D eigenvalue weighted by molar-refractivity contribution is -0.139. The van der Waals surface area contributed by atoms with Crippen molar-refractivity contribution in [2.45, 2.75) is 32.1 Å². The van der Waals surface area contributed by atoms with Gasteiger partial charge >= 0.3 is 5.97 Å². The number of rotatable bonds is 5. The van der Waals surface area contributed by atoms with Crippen LogP contribution in [0, 0.1) is 5.92 Å². The van der Waals surface area contributed by atoms with Crippen LogP contribution in [0.4, 0.5) is 0 Å². The number of hydrogen-bond donors (Lipinski definition) is 0. The molecule has 1 aliphatic carbocycles. The quantitative estimate of drug-likeness (QED) is 0.538. The molecule has 124 valence electrons. The van der Waals surface area contributed by atoms with E-state index in [0.717, 1.165) is 16.7 Å². The highest BCUT2D eigenvalue weighted by atomic mass is 16.5. The number of hydrogen-bond acceptors (Lipinski definition) is 2. The third-order valence-electron chi connectivity index (χ3n) is 4.63. The molecule has 0 bridgehead atoms. The van der Waals surface area contributed by atoms with Crippen molar-refractivity contribution < 1.29 is 9.53 Å². The topological polar surface area (TPSA) is 26.3 Å². The SMILES string of the molecule is O=C(/C=C/c1ccccc1-c1ccccc1)OCC1CCCCC1. The van der Waals surface area contributed by atoms with Crippen LogP contribution in [0.25, 0.3) is 17.2 Å². The molecule has 0 atom stereocenters. The highest BCUT2D eigenvalue weighted by Crippen LogP contribution is 2.25. The predicted octanol–water partition coefficient (Wildman–Crippen LogP) is 5.49. The van der Waals surface area contributed by atoms with Crippen LogP contribution in [0.15, 0.2) is 60.7 Å². The van der Waals surface area contributed by atoms with Gasteiger partial charge in [-0.3, -0.25) is 0 Å². The minimum Gasteiger partial charge on any atom is -0.462 e. The molecule has 0 aliphatic heterocycles. The molecule has 3 rings (SSSR count). The van der Waals surface area contributed by atoms with Crippen molar-refractivity contribution in [3.8, 4) is 11.1 Å². The highest BCUT2D eigenvalue weighted by molar-refractivity contribution is 5.89. The maximum Gasteiger partial charge on any atom is 0.330 e. The first-order chi connectivity index (χ1) is 11.8. The fraction of sp³-hybridized carbons (Fsp3) is 0.318. The van der Waals surface area contributed by atoms with Gasteiger partial charge in [-0.1, -0.05) is 73.9 Å². The molecule has 0 aromatic heterocycles. The van der Waals surface area contributed by atoms with Crippen molar-refractivity contribution in [1.29, 1.82) is 0 Å². The van der Waals surface area contributed by atoms with Gasteiger partial charge in [-0.25, -0.2) is 4.79 Å². The van der Waals surface area contributed by atoms with Gasteiger partial charge in [0.05, 0.1) is 6.61 Å². The van der Waals surface area contributed by atoms with Gasteiger partial charge in [-0.15, -0.1) is 0 Å². The molecular formula is C22H24O2. The summed E-state index contributed by atoms with van der Waals surface area (Å²) in [6.45, 7) is 0.559. The van der Waals surface area contributed by atoms with E-state index in [1.54, 1.807) is 6.08 Å². The molecule has 0 heterocycles. The third-order valence-corrected chi connectivity index (χ3v) is 4.63. The normalized spacial score (nSPS) is 15.5. The maximum absolute atomic E-state index is 12.0. The van der Waals surface area contributed by atoms with Gasteiger partial charge in [0.25, 0.3) is 0 Å². The van der Waals surface area contributed by atoms with Crippen LogP contribution < -0.4 is 0 Å². The Balaban J connectivity index is 1.63. The van der Waals surface area contributed by atoms with Crippen LogP contribution in [0.3, 0.4) is 0 Å². The fourth-order valence-electron chi connectivity index (χ4n) is 3.28. The molecule has 0 radical (unpaired) electrons. The summed E-state index contributed by atoms with van der Waals surface area (Å²) < 4.78 is 5.42. The van der Waals surface area contributed by atoms with E-state index >= 15 is 0 Å². The molecule has 0 unspecified atom stereocenters. The van der Waals surface area contributed by atoms with Crippen LogP contribution in [0.2, 0.25) is 0 Å². The standard InChI is InChI=1S/C22H24O2/c23-22(24-17-18-9-3-1-4-10-18)16-15-20-13-7-8-14-21(20)19-11-5-2-6-12-19/h2,5-8,11-16,18H,1,3-4,9-10,17H2/b16-15+. The third kappa shape index (κ3) is 4.58. The summed E-state index contributed by atoms with van der Waals surface area (Å²) in [6.07, 6.45) is 9.63. The number of esters is 1. The zero-order valence-electron chi connectivity index (χ0n) is 14.0. The van der Waals surface area contributed by atoms with Crippen molar-refractivity contribution in [2.75, 3.05) is 6.61 Å². The Labute approximate surface area is 144 Å². The first-order valence-electron chi connectivity index (χ1n) is 8.82. The number of benzene rings is 2. The minimum atomic E-state index is -0.247. The van der Waals surface area contributed by atoms with E-state index in [1.807, 2.05) is 42.5 Å². The van der Waals surface area contributed by atoms with Crippen molar-refractivity contribution in [2.24, 2.45) is 5.92 Å². The molecule has 2 aromatic carbocycles. The molecule has 2 aromatic rings. The molecule has 1 fully saturated rings. The first-order valence-corrected chi connectivity index (χ1v) is 8.82. The Bertz CT molecular complexity index is 682. The van der Waals surface area contributed by atoms with Gasteiger partial charge in [0, 0.05) is 6.08 Å². The van der Waals surface area contributed by atoms with Crippen LogP contribution in [0.1, 0.15) is 37.7 Å². The van der Waals surface area contributed by atoms with E-state index in [9.17, 15) is 4.79 Å². The van der Waals surface area contributed by atoms with Gasteiger partial charge in [0.2, 0.25) is 0 Å². The summed E-state index contributed by atoms with van der Waals surface area (Å²) in [5.74, 6) is 0.302.